The van der Waals surface area contributed by atoms with E-state index >= 15 is 0 Å². The van der Waals surface area contributed by atoms with Crippen LogP contribution in [0.2, 0.25) is 5.02 Å². The highest BCUT2D eigenvalue weighted by Crippen LogP contribution is 2.41. The molecule has 0 unspecified atom stereocenters. The zero-order valence-electron chi connectivity index (χ0n) is 17.6. The Bertz CT molecular complexity index is 934. The van der Waals surface area contributed by atoms with Gasteiger partial charge in [-0.05, 0) is 57.0 Å². The Labute approximate surface area is 182 Å². The summed E-state index contributed by atoms with van der Waals surface area (Å²) in [7, 11) is 0. The molecule has 2 amide bonds. The van der Waals surface area contributed by atoms with Gasteiger partial charge in [-0.15, -0.1) is 0 Å². The number of aromatic nitrogens is 1. The maximum Gasteiger partial charge on any atom is 0.251 e. The molecule has 0 radical (unpaired) electrons. The monoisotopic (exact) mass is 426 g/mol. The van der Waals surface area contributed by atoms with Gasteiger partial charge in [0.05, 0.1) is 12.6 Å². The van der Waals surface area contributed by atoms with Gasteiger partial charge in [-0.3, -0.25) is 9.59 Å². The molecular formula is C23H27ClN4O2. The summed E-state index contributed by atoms with van der Waals surface area (Å²) in [5.41, 5.74) is 0.0603. The van der Waals surface area contributed by atoms with Gasteiger partial charge in [0.25, 0.3) is 5.91 Å². The van der Waals surface area contributed by atoms with E-state index in [9.17, 15) is 9.59 Å². The number of pyridine rings is 1. The fourth-order valence-electron chi connectivity index (χ4n) is 4.70. The van der Waals surface area contributed by atoms with Crippen molar-refractivity contribution in [3.63, 3.8) is 0 Å². The van der Waals surface area contributed by atoms with E-state index in [0.29, 0.717) is 24.5 Å². The van der Waals surface area contributed by atoms with Gasteiger partial charge in [0, 0.05) is 23.8 Å². The minimum atomic E-state index is -0.907. The van der Waals surface area contributed by atoms with Crippen molar-refractivity contribution in [2.75, 3.05) is 24.5 Å². The molecule has 1 spiro atoms. The Hall–Kier alpha value is -2.60. The number of carbonyl (C=O) groups is 2. The number of hydrogen-bond donors (Lipinski definition) is 0. The summed E-state index contributed by atoms with van der Waals surface area (Å²) >= 11 is 6.06. The van der Waals surface area contributed by atoms with Gasteiger partial charge in [-0.25, -0.2) is 4.98 Å². The third-order valence-corrected chi connectivity index (χ3v) is 6.53. The molecule has 0 saturated carbocycles. The summed E-state index contributed by atoms with van der Waals surface area (Å²) in [6, 6.07) is 13.0. The highest BCUT2D eigenvalue weighted by molar-refractivity contribution is 6.30. The first-order valence-corrected chi connectivity index (χ1v) is 10.8. The van der Waals surface area contributed by atoms with Crippen LogP contribution in [0.5, 0.6) is 0 Å². The summed E-state index contributed by atoms with van der Waals surface area (Å²) in [5.74, 6) is 0.834. The fourth-order valence-corrected chi connectivity index (χ4v) is 4.82. The molecule has 2 fully saturated rings. The van der Waals surface area contributed by atoms with Gasteiger partial charge in [0.1, 0.15) is 17.9 Å². The van der Waals surface area contributed by atoms with Crippen molar-refractivity contribution in [1.29, 1.82) is 0 Å². The molecule has 0 N–H and O–H groups in total. The van der Waals surface area contributed by atoms with Crippen LogP contribution in [0.25, 0.3) is 0 Å². The van der Waals surface area contributed by atoms with E-state index in [1.165, 1.54) is 0 Å². The number of piperazine rings is 1. The third kappa shape index (κ3) is 3.43. The molecule has 2 aliphatic rings. The first-order valence-electron chi connectivity index (χ1n) is 10.4. The number of anilines is 1. The lowest BCUT2D eigenvalue weighted by Crippen LogP contribution is -2.70. The number of carbonyl (C=O) groups excluding carboxylic acids is 2. The van der Waals surface area contributed by atoms with E-state index in [1.807, 2.05) is 68.1 Å². The summed E-state index contributed by atoms with van der Waals surface area (Å²) in [6.45, 7) is 7.14. The Morgan fingerprint density at radius 1 is 1.07 bits per heavy atom. The van der Waals surface area contributed by atoms with Crippen LogP contribution in [0.3, 0.4) is 0 Å². The Balaban J connectivity index is 1.74. The second-order valence-corrected chi connectivity index (χ2v) is 8.85. The molecule has 2 aromatic rings. The van der Waals surface area contributed by atoms with Crippen molar-refractivity contribution in [2.45, 2.75) is 44.8 Å². The van der Waals surface area contributed by atoms with Crippen LogP contribution in [0.4, 0.5) is 5.82 Å². The van der Waals surface area contributed by atoms with Crippen molar-refractivity contribution < 1.29 is 9.59 Å². The minimum absolute atomic E-state index is 0.0198. The number of halogens is 1. The van der Waals surface area contributed by atoms with Gasteiger partial charge < -0.3 is 14.7 Å². The molecule has 4 rings (SSSR count). The maximum atomic E-state index is 13.8. The number of nitrogens with zero attached hydrogens (tertiary/aromatic N) is 4. The molecule has 0 bridgehead atoms. The standard InChI is InChI=1S/C23H27ClN4O2/c1-16(2)27-14-21(29)28(17(3)18-7-9-19(24)10-8-18)23(22(27)30)11-13-26(15-23)20-6-4-5-12-25-20/h4-10,12,16-17H,11,13-15H2,1-3H3/t17-,23-/m0/s1. The second kappa shape index (κ2) is 7.91. The van der Waals surface area contributed by atoms with E-state index in [-0.39, 0.29) is 30.4 Å². The predicted octanol–water partition coefficient (Wildman–Crippen LogP) is 3.52. The van der Waals surface area contributed by atoms with E-state index in [2.05, 4.69) is 9.88 Å². The van der Waals surface area contributed by atoms with Crippen LogP contribution in [0, 0.1) is 0 Å². The zero-order chi connectivity index (χ0) is 21.5. The van der Waals surface area contributed by atoms with Gasteiger partial charge in [-0.2, -0.15) is 0 Å². The van der Waals surface area contributed by atoms with E-state index in [1.54, 1.807) is 11.1 Å². The number of hydrogen-bond acceptors (Lipinski definition) is 4. The maximum absolute atomic E-state index is 13.8. The fraction of sp³-hybridized carbons (Fsp3) is 0.435. The highest BCUT2D eigenvalue weighted by atomic mass is 35.5. The molecule has 2 aliphatic heterocycles. The van der Waals surface area contributed by atoms with E-state index < -0.39 is 5.54 Å². The van der Waals surface area contributed by atoms with Gasteiger partial charge in [0.15, 0.2) is 0 Å². The molecule has 1 aromatic heterocycles. The molecule has 7 heteroatoms. The molecule has 2 saturated heterocycles. The quantitative estimate of drug-likeness (QED) is 0.750. The minimum Gasteiger partial charge on any atom is -0.354 e. The molecule has 158 valence electrons. The zero-order valence-corrected chi connectivity index (χ0v) is 18.3. The Kier molecular flexibility index (Phi) is 5.45. The normalized spacial score (nSPS) is 23.0. The topological polar surface area (TPSA) is 56.8 Å². The highest BCUT2D eigenvalue weighted by Gasteiger charge is 2.57. The summed E-state index contributed by atoms with van der Waals surface area (Å²) in [6.07, 6.45) is 2.33. The molecule has 0 aliphatic carbocycles. The Morgan fingerprint density at radius 2 is 1.80 bits per heavy atom. The Morgan fingerprint density at radius 3 is 2.43 bits per heavy atom. The van der Waals surface area contributed by atoms with Crippen LogP contribution in [-0.4, -0.2) is 57.8 Å². The number of rotatable bonds is 4. The average Bonchev–Trinajstić information content (AvgIpc) is 3.17. The van der Waals surface area contributed by atoms with Crippen LogP contribution in [0.15, 0.2) is 48.7 Å². The van der Waals surface area contributed by atoms with Crippen LogP contribution < -0.4 is 4.90 Å². The molecule has 6 nitrogen and oxygen atoms in total. The van der Waals surface area contributed by atoms with E-state index in [4.69, 9.17) is 11.6 Å². The second-order valence-electron chi connectivity index (χ2n) is 8.41. The van der Waals surface area contributed by atoms with Crippen molar-refractivity contribution in [3.8, 4) is 0 Å². The lowest BCUT2D eigenvalue weighted by Gasteiger charge is -2.51. The predicted molar refractivity (Wildman–Crippen MR) is 117 cm³/mol. The lowest BCUT2D eigenvalue weighted by molar-refractivity contribution is -0.168. The van der Waals surface area contributed by atoms with Crippen LogP contribution in [-0.2, 0) is 9.59 Å². The third-order valence-electron chi connectivity index (χ3n) is 6.28. The number of benzene rings is 1. The molecule has 30 heavy (non-hydrogen) atoms. The first-order chi connectivity index (χ1) is 14.3. The summed E-state index contributed by atoms with van der Waals surface area (Å²) in [5, 5.41) is 0.648. The largest absolute Gasteiger partial charge is 0.354 e. The van der Waals surface area contributed by atoms with Gasteiger partial charge in [0.2, 0.25) is 5.91 Å². The SMILES string of the molecule is CC(C)N1CC(=O)N([C@@H](C)c2ccc(Cl)cc2)[C@]2(CCN(c3ccccn3)C2)C1=O. The van der Waals surface area contributed by atoms with E-state index in [0.717, 1.165) is 11.4 Å². The summed E-state index contributed by atoms with van der Waals surface area (Å²) in [4.78, 5) is 37.3. The van der Waals surface area contributed by atoms with Gasteiger partial charge in [-0.1, -0.05) is 29.8 Å². The van der Waals surface area contributed by atoms with Crippen molar-refractivity contribution >= 4 is 29.2 Å². The average molecular weight is 427 g/mol. The summed E-state index contributed by atoms with van der Waals surface area (Å²) < 4.78 is 0. The molecule has 1 aromatic carbocycles. The van der Waals surface area contributed by atoms with Crippen LogP contribution in [0.1, 0.15) is 38.8 Å². The van der Waals surface area contributed by atoms with Crippen LogP contribution >= 0.6 is 11.6 Å². The molecule has 3 heterocycles. The van der Waals surface area contributed by atoms with Crippen molar-refractivity contribution in [3.05, 3.63) is 59.2 Å². The molecule has 2 atom stereocenters. The lowest BCUT2D eigenvalue weighted by atomic mass is 9.87. The smallest absolute Gasteiger partial charge is 0.251 e. The number of amides is 2. The first kappa shape index (κ1) is 20.7. The van der Waals surface area contributed by atoms with Gasteiger partial charge >= 0.3 is 0 Å². The van der Waals surface area contributed by atoms with Crippen molar-refractivity contribution in [1.82, 2.24) is 14.8 Å². The van der Waals surface area contributed by atoms with Crippen molar-refractivity contribution in [2.24, 2.45) is 0 Å². The molecular weight excluding hydrogens is 400 g/mol.